The summed E-state index contributed by atoms with van der Waals surface area (Å²) in [7, 11) is 0. The maximum absolute atomic E-state index is 12.3. The molecule has 2 amide bonds. The number of rotatable bonds is 5. The van der Waals surface area contributed by atoms with Crippen LogP contribution < -0.4 is 0 Å². The van der Waals surface area contributed by atoms with Crippen LogP contribution in [0.1, 0.15) is 146 Å². The third-order valence-corrected chi connectivity index (χ3v) is 11.9. The molecule has 2 unspecified atom stereocenters. The van der Waals surface area contributed by atoms with Crippen molar-refractivity contribution in [2.75, 3.05) is 26.2 Å². The summed E-state index contributed by atoms with van der Waals surface area (Å²) in [6, 6.07) is 18.2. The molecule has 260 valence electrons. The van der Waals surface area contributed by atoms with Gasteiger partial charge in [0.2, 0.25) is 5.91 Å². The highest BCUT2D eigenvalue weighted by atomic mass is 16.6. The van der Waals surface area contributed by atoms with Gasteiger partial charge in [0.1, 0.15) is 11.4 Å². The summed E-state index contributed by atoms with van der Waals surface area (Å²) in [5.41, 5.74) is 6.08. The molecule has 6 nitrogen and oxygen atoms in total. The van der Waals surface area contributed by atoms with Crippen LogP contribution in [0.3, 0.4) is 0 Å². The fourth-order valence-electron chi connectivity index (χ4n) is 8.96. The third-order valence-electron chi connectivity index (χ3n) is 11.9. The molecule has 3 aliphatic carbocycles. The Morgan fingerprint density at radius 2 is 1.21 bits per heavy atom. The molecule has 2 heterocycles. The number of hydrogen-bond acceptors (Lipinski definition) is 4. The summed E-state index contributed by atoms with van der Waals surface area (Å²) in [6.07, 6.45) is 8.16. The second kappa shape index (κ2) is 13.3. The number of Topliss-reactive ketones (excluding diaryl/α,β-unsaturated/α-hetero) is 1. The van der Waals surface area contributed by atoms with Crippen LogP contribution in [-0.4, -0.2) is 59.4 Å². The summed E-state index contributed by atoms with van der Waals surface area (Å²) in [4.78, 5) is 39.5. The van der Waals surface area contributed by atoms with E-state index in [1.165, 1.54) is 60.8 Å². The van der Waals surface area contributed by atoms with Crippen molar-refractivity contribution < 1.29 is 19.1 Å². The Morgan fingerprint density at radius 1 is 0.750 bits per heavy atom. The first-order chi connectivity index (χ1) is 22.6. The van der Waals surface area contributed by atoms with Crippen LogP contribution in [0.4, 0.5) is 4.79 Å². The van der Waals surface area contributed by atoms with Gasteiger partial charge in [0.25, 0.3) is 0 Å². The average molecular weight is 655 g/mol. The van der Waals surface area contributed by atoms with Gasteiger partial charge in [-0.3, -0.25) is 9.59 Å². The highest BCUT2D eigenvalue weighted by Crippen LogP contribution is 2.53. The molecule has 0 N–H and O–H groups in total. The summed E-state index contributed by atoms with van der Waals surface area (Å²) < 4.78 is 5.48. The molecule has 0 bridgehead atoms. The van der Waals surface area contributed by atoms with Crippen molar-refractivity contribution in [3.63, 3.8) is 0 Å². The molecule has 2 spiro atoms. The molecule has 6 heteroatoms. The Labute approximate surface area is 289 Å². The molecule has 7 rings (SSSR count). The van der Waals surface area contributed by atoms with Gasteiger partial charge in [-0.1, -0.05) is 76.2 Å². The van der Waals surface area contributed by atoms with Gasteiger partial charge in [0.15, 0.2) is 0 Å². The maximum atomic E-state index is 12.3. The number of amides is 2. The Morgan fingerprint density at radius 3 is 1.62 bits per heavy atom. The van der Waals surface area contributed by atoms with E-state index < -0.39 is 5.60 Å². The summed E-state index contributed by atoms with van der Waals surface area (Å²) in [6.45, 7) is 18.3. The molecule has 2 aliphatic heterocycles. The molecule has 2 aromatic carbocycles. The second-order valence-corrected chi connectivity index (χ2v) is 17.7. The normalized spacial score (nSPS) is 24.3. The number of carbonyl (C=O) groups excluding carboxylic acids is 3. The number of carbonyl (C=O) groups is 3. The largest absolute Gasteiger partial charge is 0.444 e. The van der Waals surface area contributed by atoms with Gasteiger partial charge in [-0.15, -0.1) is 0 Å². The standard InChI is InChI=1S/C21H27NO2.C21H31NO2/c1-14(2)15-4-3-5-16(8-15)17-6-7-21(11-17)12-22(13-21)20(24)18-9-19(23)10-18;1-15(2)16-7-6-8-17(11-16)18-9-10-21(12-18)13-22(14-21)19(23)24-20(3,4)5/h3-5,8,14,17-18H,6-7,9-13H2,1-2H3;6-8,11,15,18H,9-10,12-14H2,1-5H3. The lowest BCUT2D eigenvalue weighted by Crippen LogP contribution is -2.59. The minimum Gasteiger partial charge on any atom is -0.444 e. The zero-order valence-electron chi connectivity index (χ0n) is 30.5. The van der Waals surface area contributed by atoms with Crippen molar-refractivity contribution in [3.05, 3.63) is 70.8 Å². The van der Waals surface area contributed by atoms with Crippen LogP contribution in [0.2, 0.25) is 0 Å². The lowest BCUT2D eigenvalue weighted by atomic mass is 9.74. The first-order valence-corrected chi connectivity index (χ1v) is 18.6. The predicted octanol–water partition coefficient (Wildman–Crippen LogP) is 9.20. The molecule has 2 aromatic rings. The lowest BCUT2D eigenvalue weighted by molar-refractivity contribution is -0.154. The summed E-state index contributed by atoms with van der Waals surface area (Å²) in [5.74, 6) is 2.90. The van der Waals surface area contributed by atoms with Crippen molar-refractivity contribution in [3.8, 4) is 0 Å². The molecule has 48 heavy (non-hydrogen) atoms. The number of hydrogen-bond donors (Lipinski definition) is 0. The van der Waals surface area contributed by atoms with Gasteiger partial charge >= 0.3 is 6.09 Å². The van der Waals surface area contributed by atoms with Crippen LogP contribution in [0.15, 0.2) is 48.5 Å². The van der Waals surface area contributed by atoms with E-state index in [0.717, 1.165) is 26.2 Å². The predicted molar refractivity (Wildman–Crippen MR) is 191 cm³/mol. The molecule has 2 atom stereocenters. The van der Waals surface area contributed by atoms with Gasteiger partial charge in [-0.25, -0.2) is 4.79 Å². The molecule has 5 aliphatic rings. The highest BCUT2D eigenvalue weighted by Gasteiger charge is 2.52. The van der Waals surface area contributed by atoms with Crippen LogP contribution >= 0.6 is 0 Å². The molecule has 2 saturated heterocycles. The Balaban J connectivity index is 0.000000167. The second-order valence-electron chi connectivity index (χ2n) is 17.7. The number of benzene rings is 2. The summed E-state index contributed by atoms with van der Waals surface area (Å²) >= 11 is 0. The molecule has 5 fully saturated rings. The van der Waals surface area contributed by atoms with Crippen LogP contribution in [-0.2, 0) is 14.3 Å². The fraction of sp³-hybridized carbons (Fsp3) is 0.643. The number of nitrogens with zero attached hydrogens (tertiary/aromatic N) is 2. The minimum atomic E-state index is -0.407. The van der Waals surface area contributed by atoms with E-state index in [-0.39, 0.29) is 23.7 Å². The minimum absolute atomic E-state index is 0.00484. The first kappa shape index (κ1) is 34.7. The SMILES string of the molecule is CC(C)c1cccc(C2CCC3(C2)CN(C(=O)C2CC(=O)C2)C3)c1.CC(C)c1cccc(C2CCC3(C2)CN(C(=O)OC(C)(C)C)C3)c1. The van der Waals surface area contributed by atoms with E-state index in [1.807, 2.05) is 30.6 Å². The van der Waals surface area contributed by atoms with E-state index in [1.54, 1.807) is 0 Å². The van der Waals surface area contributed by atoms with Crippen LogP contribution in [0, 0.1) is 16.7 Å². The van der Waals surface area contributed by atoms with Crippen LogP contribution in [0.25, 0.3) is 0 Å². The topological polar surface area (TPSA) is 66.9 Å². The van der Waals surface area contributed by atoms with Crippen LogP contribution in [0.5, 0.6) is 0 Å². The summed E-state index contributed by atoms with van der Waals surface area (Å²) in [5, 5.41) is 0. The third kappa shape index (κ3) is 7.53. The van der Waals surface area contributed by atoms with E-state index >= 15 is 0 Å². The van der Waals surface area contributed by atoms with Gasteiger partial charge < -0.3 is 14.5 Å². The Hall–Kier alpha value is -3.15. The Bertz CT molecular complexity index is 1500. The molecule has 0 radical (unpaired) electrons. The van der Waals surface area contributed by atoms with Crippen molar-refractivity contribution in [2.45, 2.75) is 129 Å². The molecule has 3 saturated carbocycles. The Kier molecular flexibility index (Phi) is 9.60. The molecule has 0 aromatic heterocycles. The van der Waals surface area contributed by atoms with E-state index in [2.05, 4.69) is 76.2 Å². The lowest BCUT2D eigenvalue weighted by Gasteiger charge is -2.50. The van der Waals surface area contributed by atoms with E-state index in [9.17, 15) is 14.4 Å². The monoisotopic (exact) mass is 654 g/mol. The number of likely N-dealkylation sites (tertiary alicyclic amines) is 2. The maximum Gasteiger partial charge on any atom is 0.410 e. The smallest absolute Gasteiger partial charge is 0.410 e. The van der Waals surface area contributed by atoms with Gasteiger partial charge in [0.05, 0.1) is 5.92 Å². The molecular formula is C42H58N2O4. The zero-order chi connectivity index (χ0) is 34.4. The van der Waals surface area contributed by atoms with Crippen molar-refractivity contribution in [2.24, 2.45) is 16.7 Å². The van der Waals surface area contributed by atoms with Crippen molar-refractivity contribution in [1.29, 1.82) is 0 Å². The number of ketones is 1. The van der Waals surface area contributed by atoms with E-state index in [0.29, 0.717) is 47.3 Å². The molecular weight excluding hydrogens is 596 g/mol. The van der Waals surface area contributed by atoms with E-state index in [4.69, 9.17) is 4.74 Å². The van der Waals surface area contributed by atoms with Crippen molar-refractivity contribution in [1.82, 2.24) is 9.80 Å². The quantitative estimate of drug-likeness (QED) is 0.322. The zero-order valence-corrected chi connectivity index (χ0v) is 30.5. The van der Waals surface area contributed by atoms with Gasteiger partial charge in [0, 0.05) is 49.9 Å². The van der Waals surface area contributed by atoms with Crippen molar-refractivity contribution >= 4 is 17.8 Å². The van der Waals surface area contributed by atoms with Gasteiger partial charge in [-0.05, 0) is 105 Å². The van der Waals surface area contributed by atoms with Gasteiger partial charge in [-0.2, -0.15) is 0 Å². The number of ether oxygens (including phenoxy) is 1. The fourth-order valence-corrected chi connectivity index (χ4v) is 8.96. The first-order valence-electron chi connectivity index (χ1n) is 18.6. The highest BCUT2D eigenvalue weighted by molar-refractivity contribution is 5.96. The average Bonchev–Trinajstić information content (AvgIpc) is 3.64.